The highest BCUT2D eigenvalue weighted by molar-refractivity contribution is 7.51. The number of likely N-dealkylation sites (tertiary alicyclic amines) is 1. The van der Waals surface area contributed by atoms with Gasteiger partial charge in [0, 0.05) is 50.3 Å². The first kappa shape index (κ1) is 21.7. The lowest BCUT2D eigenvalue weighted by Crippen LogP contribution is -2.33. The molecule has 3 atom stereocenters. The second-order valence-electron chi connectivity index (χ2n) is 8.43. The fourth-order valence-electron chi connectivity index (χ4n) is 4.17. The minimum atomic E-state index is -0.383. The molecular formula is C23H29FN5OP. The standard InChI is InChI=1S/C23H29FN5OP/c1-16-12-29-13-17(11-20(24)23(29)25-16)21(8-10-30)31-22-6-5-19(14-27(22)4)28-9-7-18(15-28)26(2)3/h5-6,8,10-14,18,22,31H,7,9,15H2,1-4H3/b21-8-/t18-,22?/m0/s1. The Labute approximate surface area is 184 Å². The van der Waals surface area contributed by atoms with Crippen molar-refractivity contribution in [1.82, 2.24) is 24.1 Å². The maximum Gasteiger partial charge on any atom is 0.173 e. The molecule has 6 nitrogen and oxygen atoms in total. The van der Waals surface area contributed by atoms with Gasteiger partial charge in [-0.25, -0.2) is 9.37 Å². The molecule has 164 valence electrons. The SMILES string of the molecule is Cc1cn2cc(/C(=C/C=O)PC3C=CC(N4CC[C@H](N(C)C)C4)=CN3C)cc(F)c2n1. The van der Waals surface area contributed by atoms with Gasteiger partial charge in [-0.2, -0.15) is 0 Å². The lowest BCUT2D eigenvalue weighted by atomic mass is 10.2. The van der Waals surface area contributed by atoms with Crippen molar-refractivity contribution in [2.45, 2.75) is 25.2 Å². The van der Waals surface area contributed by atoms with Crippen LogP contribution in [-0.4, -0.2) is 76.4 Å². The topological polar surface area (TPSA) is 44.1 Å². The fourth-order valence-corrected chi connectivity index (χ4v) is 5.43. The molecule has 2 aromatic heterocycles. The van der Waals surface area contributed by atoms with Crippen LogP contribution in [0, 0.1) is 12.7 Å². The first-order valence-electron chi connectivity index (χ1n) is 10.5. The van der Waals surface area contributed by atoms with Crippen molar-refractivity contribution < 1.29 is 9.18 Å². The molecule has 8 heteroatoms. The van der Waals surface area contributed by atoms with Crippen molar-refractivity contribution in [3.8, 4) is 0 Å². The molecule has 0 saturated carbocycles. The Morgan fingerprint density at radius 1 is 1.35 bits per heavy atom. The summed E-state index contributed by atoms with van der Waals surface area (Å²) < 4.78 is 16.3. The number of likely N-dealkylation sites (N-methyl/N-ethyl adjacent to an activating group) is 2. The van der Waals surface area contributed by atoms with Crippen LogP contribution in [0.3, 0.4) is 0 Å². The molecule has 0 bridgehead atoms. The molecule has 0 spiro atoms. The van der Waals surface area contributed by atoms with E-state index in [1.807, 2.05) is 13.1 Å². The van der Waals surface area contributed by atoms with E-state index < -0.39 is 0 Å². The van der Waals surface area contributed by atoms with Gasteiger partial charge in [-0.15, -0.1) is 0 Å². The lowest BCUT2D eigenvalue weighted by Gasteiger charge is -2.32. The van der Waals surface area contributed by atoms with Crippen molar-refractivity contribution in [3.05, 3.63) is 65.7 Å². The molecule has 0 aromatic carbocycles. The van der Waals surface area contributed by atoms with Crippen LogP contribution in [0.25, 0.3) is 11.0 Å². The van der Waals surface area contributed by atoms with Crippen molar-refractivity contribution in [2.75, 3.05) is 34.2 Å². The van der Waals surface area contributed by atoms with Crippen LogP contribution in [0.15, 0.2) is 48.6 Å². The van der Waals surface area contributed by atoms with Crippen molar-refractivity contribution in [3.63, 3.8) is 0 Å². The highest BCUT2D eigenvalue weighted by atomic mass is 31.1. The summed E-state index contributed by atoms with van der Waals surface area (Å²) in [4.78, 5) is 22.4. The normalized spacial score (nSPS) is 22.4. The lowest BCUT2D eigenvalue weighted by molar-refractivity contribution is -0.104. The summed E-state index contributed by atoms with van der Waals surface area (Å²) in [7, 11) is 6.62. The van der Waals surface area contributed by atoms with Crippen molar-refractivity contribution in [2.24, 2.45) is 0 Å². The minimum Gasteiger partial charge on any atom is -0.369 e. The Kier molecular flexibility index (Phi) is 6.26. The van der Waals surface area contributed by atoms with Gasteiger partial charge in [0.15, 0.2) is 11.5 Å². The summed E-state index contributed by atoms with van der Waals surface area (Å²) in [5, 5.41) is 0.828. The number of halogens is 1. The van der Waals surface area contributed by atoms with Crippen LogP contribution < -0.4 is 0 Å². The molecule has 0 aliphatic carbocycles. The Bertz CT molecular complexity index is 1070. The Morgan fingerprint density at radius 3 is 2.84 bits per heavy atom. The summed E-state index contributed by atoms with van der Waals surface area (Å²) in [5.41, 5.74) is 2.98. The number of hydrogen-bond donors (Lipinski definition) is 0. The van der Waals surface area contributed by atoms with Crippen LogP contribution in [0.5, 0.6) is 0 Å². The number of allylic oxidation sites excluding steroid dienone is 2. The number of aldehydes is 1. The van der Waals surface area contributed by atoms with E-state index in [4.69, 9.17) is 0 Å². The van der Waals surface area contributed by atoms with Gasteiger partial charge in [0.1, 0.15) is 6.29 Å². The molecule has 2 aromatic rings. The quantitative estimate of drug-likeness (QED) is 0.391. The molecule has 0 amide bonds. The number of fused-ring (bicyclic) bond motifs is 1. The number of rotatable bonds is 6. The van der Waals surface area contributed by atoms with Crippen molar-refractivity contribution >= 4 is 25.8 Å². The van der Waals surface area contributed by atoms with E-state index in [2.05, 4.69) is 59.2 Å². The molecular weight excluding hydrogens is 412 g/mol. The van der Waals surface area contributed by atoms with E-state index in [9.17, 15) is 9.18 Å². The zero-order valence-corrected chi connectivity index (χ0v) is 19.4. The average molecular weight is 441 g/mol. The molecule has 2 aliphatic rings. The van der Waals surface area contributed by atoms with Gasteiger partial charge in [0.2, 0.25) is 0 Å². The number of carbonyl (C=O) groups is 1. The largest absolute Gasteiger partial charge is 0.369 e. The number of hydrogen-bond acceptors (Lipinski definition) is 5. The Balaban J connectivity index is 1.51. The van der Waals surface area contributed by atoms with Crippen molar-refractivity contribution in [1.29, 1.82) is 0 Å². The van der Waals surface area contributed by atoms with Gasteiger partial charge in [-0.1, -0.05) is 14.7 Å². The summed E-state index contributed by atoms with van der Waals surface area (Å²) >= 11 is 0. The molecule has 2 aliphatic heterocycles. The summed E-state index contributed by atoms with van der Waals surface area (Å²) in [5.74, 6) is -0.267. The Morgan fingerprint density at radius 2 is 2.16 bits per heavy atom. The van der Waals surface area contributed by atoms with Crippen LogP contribution >= 0.6 is 8.58 Å². The maximum absolute atomic E-state index is 14.6. The second-order valence-corrected chi connectivity index (χ2v) is 9.85. The molecule has 0 N–H and O–H groups in total. The number of pyridine rings is 1. The summed E-state index contributed by atoms with van der Waals surface area (Å²) in [6.45, 7) is 3.92. The monoisotopic (exact) mass is 441 g/mol. The number of imidazole rings is 1. The van der Waals surface area contributed by atoms with Gasteiger partial charge in [0.25, 0.3) is 0 Å². The molecule has 1 fully saturated rings. The first-order chi connectivity index (χ1) is 14.9. The average Bonchev–Trinajstić information content (AvgIpc) is 3.35. The number of aryl methyl sites for hydroxylation is 1. The third kappa shape index (κ3) is 4.58. The molecule has 31 heavy (non-hydrogen) atoms. The van der Waals surface area contributed by atoms with Crippen LogP contribution in [0.1, 0.15) is 17.7 Å². The Hall–Kier alpha value is -2.50. The van der Waals surface area contributed by atoms with E-state index in [-0.39, 0.29) is 11.6 Å². The maximum atomic E-state index is 14.6. The van der Waals surface area contributed by atoms with E-state index in [1.54, 1.807) is 16.7 Å². The minimum absolute atomic E-state index is 0.116. The third-order valence-corrected chi connectivity index (χ3v) is 7.62. The fraction of sp³-hybridized carbons (Fsp3) is 0.391. The molecule has 1 saturated heterocycles. The summed E-state index contributed by atoms with van der Waals surface area (Å²) in [6.07, 6.45) is 13.7. The van der Waals surface area contributed by atoms with E-state index >= 15 is 0 Å². The number of carbonyl (C=O) groups excluding carboxylic acids is 1. The highest BCUT2D eigenvalue weighted by Gasteiger charge is 2.27. The smallest absolute Gasteiger partial charge is 0.173 e. The van der Waals surface area contributed by atoms with Gasteiger partial charge < -0.3 is 19.1 Å². The number of aromatic nitrogens is 2. The predicted molar refractivity (Wildman–Crippen MR) is 125 cm³/mol. The van der Waals surface area contributed by atoms with Crippen LogP contribution in [-0.2, 0) is 4.79 Å². The number of nitrogens with zero attached hydrogens (tertiary/aromatic N) is 5. The van der Waals surface area contributed by atoms with Crippen LogP contribution in [0.4, 0.5) is 4.39 Å². The second kappa shape index (κ2) is 8.93. The predicted octanol–water partition coefficient (Wildman–Crippen LogP) is 3.31. The van der Waals surface area contributed by atoms with E-state index in [0.29, 0.717) is 25.8 Å². The molecule has 0 radical (unpaired) electrons. The zero-order chi connectivity index (χ0) is 22.1. The van der Waals surface area contributed by atoms with Gasteiger partial charge >= 0.3 is 0 Å². The van der Waals surface area contributed by atoms with E-state index in [0.717, 1.165) is 30.4 Å². The first-order valence-corrected chi connectivity index (χ1v) is 11.5. The highest BCUT2D eigenvalue weighted by Crippen LogP contribution is 2.41. The van der Waals surface area contributed by atoms with Crippen LogP contribution in [0.2, 0.25) is 0 Å². The molecule has 4 rings (SSSR count). The zero-order valence-electron chi connectivity index (χ0n) is 18.4. The van der Waals surface area contributed by atoms with Gasteiger partial charge in [-0.3, -0.25) is 4.79 Å². The molecule has 4 heterocycles. The molecule has 2 unspecified atom stereocenters. The van der Waals surface area contributed by atoms with Gasteiger partial charge in [-0.05, 0) is 51.0 Å². The van der Waals surface area contributed by atoms with Gasteiger partial charge in [0.05, 0.1) is 17.2 Å². The third-order valence-electron chi connectivity index (χ3n) is 5.96. The van der Waals surface area contributed by atoms with E-state index in [1.165, 1.54) is 18.2 Å². The summed E-state index contributed by atoms with van der Waals surface area (Å²) in [6, 6.07) is 2.06.